The molecule has 4 heteroatoms. The van der Waals surface area contributed by atoms with Crippen LogP contribution in [0.1, 0.15) is 23.4 Å². The van der Waals surface area contributed by atoms with Gasteiger partial charge >= 0.3 is 0 Å². The molecule has 0 unspecified atom stereocenters. The minimum atomic E-state index is 0.498. The molecule has 3 rings (SSSR count). The van der Waals surface area contributed by atoms with Gasteiger partial charge in [-0.25, -0.2) is 4.98 Å². The van der Waals surface area contributed by atoms with Crippen LogP contribution in [0.5, 0.6) is 5.88 Å². The largest absolute Gasteiger partial charge is 0.477 e. The van der Waals surface area contributed by atoms with Crippen molar-refractivity contribution in [1.29, 1.82) is 0 Å². The SMILES string of the molecule is Clc1nc(/C=C/c2ccccc2)nc2c1CCCO2. The fourth-order valence-electron chi connectivity index (χ4n) is 2.01. The Morgan fingerprint density at radius 3 is 2.79 bits per heavy atom. The highest BCUT2D eigenvalue weighted by molar-refractivity contribution is 6.30. The minimum absolute atomic E-state index is 0.498. The van der Waals surface area contributed by atoms with Crippen LogP contribution in [0.25, 0.3) is 12.2 Å². The monoisotopic (exact) mass is 272 g/mol. The van der Waals surface area contributed by atoms with Crippen LogP contribution in [0.3, 0.4) is 0 Å². The van der Waals surface area contributed by atoms with Crippen molar-refractivity contribution in [3.63, 3.8) is 0 Å². The summed E-state index contributed by atoms with van der Waals surface area (Å²) < 4.78 is 5.53. The molecule has 2 aromatic rings. The van der Waals surface area contributed by atoms with Gasteiger partial charge in [0, 0.05) is 0 Å². The molecule has 0 aliphatic carbocycles. The zero-order chi connectivity index (χ0) is 13.1. The van der Waals surface area contributed by atoms with E-state index in [1.807, 2.05) is 42.5 Å². The zero-order valence-corrected chi connectivity index (χ0v) is 11.1. The predicted octanol–water partition coefficient (Wildman–Crippen LogP) is 3.63. The molecule has 0 saturated carbocycles. The number of halogens is 1. The van der Waals surface area contributed by atoms with Crippen LogP contribution in [0.2, 0.25) is 5.15 Å². The molecule has 1 aromatic heterocycles. The van der Waals surface area contributed by atoms with Crippen LogP contribution >= 0.6 is 11.6 Å². The standard InChI is InChI=1S/C15H13ClN2O/c16-14-12-7-4-10-19-15(12)18-13(17-14)9-8-11-5-2-1-3-6-11/h1-3,5-6,8-9H,4,7,10H2/b9-8+. The summed E-state index contributed by atoms with van der Waals surface area (Å²) in [6.45, 7) is 0.697. The van der Waals surface area contributed by atoms with E-state index >= 15 is 0 Å². The Morgan fingerprint density at radius 1 is 1.11 bits per heavy atom. The number of rotatable bonds is 2. The number of nitrogens with zero attached hydrogens (tertiary/aromatic N) is 2. The first-order valence-electron chi connectivity index (χ1n) is 6.25. The van der Waals surface area contributed by atoms with Crippen molar-refractivity contribution in [2.75, 3.05) is 6.61 Å². The van der Waals surface area contributed by atoms with E-state index in [2.05, 4.69) is 9.97 Å². The number of fused-ring (bicyclic) bond motifs is 1. The van der Waals surface area contributed by atoms with E-state index in [-0.39, 0.29) is 0 Å². The van der Waals surface area contributed by atoms with Crippen LogP contribution in [0, 0.1) is 0 Å². The van der Waals surface area contributed by atoms with Gasteiger partial charge in [0.2, 0.25) is 5.88 Å². The quantitative estimate of drug-likeness (QED) is 0.783. The third-order valence-corrected chi connectivity index (χ3v) is 3.28. The summed E-state index contributed by atoms with van der Waals surface area (Å²) in [4.78, 5) is 8.67. The lowest BCUT2D eigenvalue weighted by Crippen LogP contribution is -2.12. The predicted molar refractivity (Wildman–Crippen MR) is 76.2 cm³/mol. The zero-order valence-electron chi connectivity index (χ0n) is 10.3. The van der Waals surface area contributed by atoms with E-state index in [4.69, 9.17) is 16.3 Å². The second-order valence-corrected chi connectivity index (χ2v) is 4.71. The van der Waals surface area contributed by atoms with Gasteiger partial charge in [-0.1, -0.05) is 48.0 Å². The minimum Gasteiger partial charge on any atom is -0.477 e. The molecule has 0 amide bonds. The van der Waals surface area contributed by atoms with Crippen molar-refractivity contribution in [2.45, 2.75) is 12.8 Å². The molecule has 0 spiro atoms. The van der Waals surface area contributed by atoms with Crippen LogP contribution < -0.4 is 4.74 Å². The fraction of sp³-hybridized carbons (Fsp3) is 0.200. The van der Waals surface area contributed by atoms with Crippen LogP contribution in [-0.2, 0) is 6.42 Å². The summed E-state index contributed by atoms with van der Waals surface area (Å²) in [5.74, 6) is 1.20. The Labute approximate surface area is 116 Å². The summed E-state index contributed by atoms with van der Waals surface area (Å²) in [5.41, 5.74) is 2.02. The Hall–Kier alpha value is -1.87. The molecule has 0 saturated heterocycles. The lowest BCUT2D eigenvalue weighted by molar-refractivity contribution is 0.275. The molecule has 2 heterocycles. The lowest BCUT2D eigenvalue weighted by Gasteiger charge is -2.16. The maximum absolute atomic E-state index is 6.16. The van der Waals surface area contributed by atoms with E-state index in [1.165, 1.54) is 0 Å². The van der Waals surface area contributed by atoms with E-state index < -0.39 is 0 Å². The first kappa shape index (κ1) is 12.2. The summed E-state index contributed by atoms with van der Waals surface area (Å²) in [7, 11) is 0. The summed E-state index contributed by atoms with van der Waals surface area (Å²) in [5, 5.41) is 0.498. The number of ether oxygens (including phenoxy) is 1. The number of aromatic nitrogens is 2. The van der Waals surface area contributed by atoms with Crippen molar-refractivity contribution in [3.05, 3.63) is 52.4 Å². The average molecular weight is 273 g/mol. The Balaban J connectivity index is 1.90. The first-order chi connectivity index (χ1) is 9.33. The van der Waals surface area contributed by atoms with Crippen LogP contribution in [0.15, 0.2) is 30.3 Å². The molecular weight excluding hydrogens is 260 g/mol. The van der Waals surface area contributed by atoms with E-state index in [0.29, 0.717) is 23.5 Å². The molecule has 0 radical (unpaired) electrons. The van der Waals surface area contributed by atoms with Gasteiger partial charge in [0.25, 0.3) is 0 Å². The van der Waals surface area contributed by atoms with Gasteiger partial charge in [0.15, 0.2) is 5.82 Å². The van der Waals surface area contributed by atoms with Gasteiger partial charge in [0.1, 0.15) is 5.15 Å². The second kappa shape index (κ2) is 5.41. The Kier molecular flexibility index (Phi) is 3.47. The molecule has 1 aliphatic heterocycles. The van der Waals surface area contributed by atoms with E-state index in [0.717, 1.165) is 24.0 Å². The smallest absolute Gasteiger partial charge is 0.221 e. The highest BCUT2D eigenvalue weighted by Gasteiger charge is 2.17. The molecule has 96 valence electrons. The first-order valence-corrected chi connectivity index (χ1v) is 6.63. The lowest BCUT2D eigenvalue weighted by atomic mass is 10.1. The number of hydrogen-bond acceptors (Lipinski definition) is 3. The van der Waals surface area contributed by atoms with Crippen molar-refractivity contribution in [3.8, 4) is 5.88 Å². The van der Waals surface area contributed by atoms with Gasteiger partial charge in [0.05, 0.1) is 12.2 Å². The van der Waals surface area contributed by atoms with Gasteiger partial charge in [-0.3, -0.25) is 0 Å². The van der Waals surface area contributed by atoms with Crippen LogP contribution in [0.4, 0.5) is 0 Å². The van der Waals surface area contributed by atoms with Gasteiger partial charge in [-0.15, -0.1) is 0 Å². The van der Waals surface area contributed by atoms with Crippen molar-refractivity contribution in [1.82, 2.24) is 9.97 Å². The summed E-state index contributed by atoms with van der Waals surface area (Å²) in [6, 6.07) is 10.0. The second-order valence-electron chi connectivity index (χ2n) is 4.35. The molecule has 19 heavy (non-hydrogen) atoms. The highest BCUT2D eigenvalue weighted by atomic mass is 35.5. The molecule has 0 atom stereocenters. The molecule has 1 aromatic carbocycles. The molecule has 0 N–H and O–H groups in total. The maximum atomic E-state index is 6.16. The molecule has 3 nitrogen and oxygen atoms in total. The summed E-state index contributed by atoms with van der Waals surface area (Å²) >= 11 is 6.16. The van der Waals surface area contributed by atoms with Crippen molar-refractivity contribution < 1.29 is 4.74 Å². The van der Waals surface area contributed by atoms with E-state index in [1.54, 1.807) is 0 Å². The fourth-order valence-corrected chi connectivity index (χ4v) is 2.27. The average Bonchev–Trinajstić information content (AvgIpc) is 2.46. The summed E-state index contributed by atoms with van der Waals surface area (Å²) in [6.07, 6.45) is 5.66. The molecule has 0 fully saturated rings. The molecule has 1 aliphatic rings. The third kappa shape index (κ3) is 2.76. The maximum Gasteiger partial charge on any atom is 0.221 e. The van der Waals surface area contributed by atoms with E-state index in [9.17, 15) is 0 Å². The number of benzene rings is 1. The normalized spacial score (nSPS) is 14.2. The van der Waals surface area contributed by atoms with Crippen molar-refractivity contribution in [2.24, 2.45) is 0 Å². The van der Waals surface area contributed by atoms with Crippen LogP contribution in [-0.4, -0.2) is 16.6 Å². The molecule has 0 bridgehead atoms. The topological polar surface area (TPSA) is 35.0 Å². The van der Waals surface area contributed by atoms with Crippen molar-refractivity contribution >= 4 is 23.8 Å². The third-order valence-electron chi connectivity index (χ3n) is 2.97. The molecular formula is C15H13ClN2O. The Morgan fingerprint density at radius 2 is 1.95 bits per heavy atom. The number of hydrogen-bond donors (Lipinski definition) is 0. The van der Waals surface area contributed by atoms with Gasteiger partial charge in [-0.2, -0.15) is 4.98 Å². The van der Waals surface area contributed by atoms with Gasteiger partial charge < -0.3 is 4.74 Å². The van der Waals surface area contributed by atoms with Gasteiger partial charge in [-0.05, 0) is 24.5 Å². The Bertz CT molecular complexity index is 611. The highest BCUT2D eigenvalue weighted by Crippen LogP contribution is 2.28.